The van der Waals surface area contributed by atoms with Gasteiger partial charge in [-0.05, 0) is 59.3 Å². The SMILES string of the molecule is Cc1ccc(N)cc1C(c1cccc(F)c1)c1cccs1. The van der Waals surface area contributed by atoms with Crippen LogP contribution in [-0.2, 0) is 0 Å². The molecule has 21 heavy (non-hydrogen) atoms. The standard InChI is InChI=1S/C18H16FNS/c1-12-7-8-15(20)11-16(12)18(17-6-3-9-21-17)13-4-2-5-14(19)10-13/h2-11,18H,20H2,1H3. The average Bonchev–Trinajstić information content (AvgIpc) is 2.97. The van der Waals surface area contributed by atoms with Gasteiger partial charge < -0.3 is 5.73 Å². The highest BCUT2D eigenvalue weighted by Crippen LogP contribution is 2.37. The number of hydrogen-bond donors (Lipinski definition) is 1. The molecule has 0 amide bonds. The van der Waals surface area contributed by atoms with Gasteiger partial charge in [0.1, 0.15) is 5.82 Å². The Morgan fingerprint density at radius 2 is 1.90 bits per heavy atom. The number of anilines is 1. The van der Waals surface area contributed by atoms with Gasteiger partial charge >= 0.3 is 0 Å². The minimum atomic E-state index is -0.212. The number of hydrogen-bond acceptors (Lipinski definition) is 2. The van der Waals surface area contributed by atoms with Crippen molar-refractivity contribution in [2.75, 3.05) is 5.73 Å². The molecule has 0 saturated heterocycles. The highest BCUT2D eigenvalue weighted by Gasteiger charge is 2.20. The molecule has 1 aromatic heterocycles. The van der Waals surface area contributed by atoms with Crippen LogP contribution in [-0.4, -0.2) is 0 Å². The highest BCUT2D eigenvalue weighted by atomic mass is 32.1. The van der Waals surface area contributed by atoms with E-state index in [1.807, 2.05) is 35.7 Å². The van der Waals surface area contributed by atoms with Crippen LogP contribution in [0.5, 0.6) is 0 Å². The molecule has 1 unspecified atom stereocenters. The zero-order valence-electron chi connectivity index (χ0n) is 11.7. The third kappa shape index (κ3) is 2.83. The summed E-state index contributed by atoms with van der Waals surface area (Å²) in [5, 5.41) is 2.04. The first-order valence-corrected chi connectivity index (χ1v) is 7.68. The van der Waals surface area contributed by atoms with E-state index in [1.54, 1.807) is 23.5 Å². The van der Waals surface area contributed by atoms with Gasteiger partial charge in [-0.1, -0.05) is 24.3 Å². The second-order valence-corrected chi connectivity index (χ2v) is 6.10. The van der Waals surface area contributed by atoms with Gasteiger partial charge in [0.2, 0.25) is 0 Å². The van der Waals surface area contributed by atoms with E-state index in [2.05, 4.69) is 13.0 Å². The smallest absolute Gasteiger partial charge is 0.123 e. The van der Waals surface area contributed by atoms with Gasteiger partial charge in [0.25, 0.3) is 0 Å². The van der Waals surface area contributed by atoms with Crippen LogP contribution in [0.15, 0.2) is 60.0 Å². The van der Waals surface area contributed by atoms with Gasteiger partial charge in [0.05, 0.1) is 0 Å². The zero-order chi connectivity index (χ0) is 14.8. The third-order valence-corrected chi connectivity index (χ3v) is 4.56. The van der Waals surface area contributed by atoms with Crippen LogP contribution >= 0.6 is 11.3 Å². The Morgan fingerprint density at radius 1 is 1.05 bits per heavy atom. The largest absolute Gasteiger partial charge is 0.399 e. The van der Waals surface area contributed by atoms with E-state index in [1.165, 1.54) is 10.9 Å². The molecule has 0 radical (unpaired) electrons. The highest BCUT2D eigenvalue weighted by molar-refractivity contribution is 7.10. The van der Waals surface area contributed by atoms with Gasteiger partial charge in [-0.15, -0.1) is 11.3 Å². The molecule has 0 saturated carbocycles. The molecule has 106 valence electrons. The summed E-state index contributed by atoms with van der Waals surface area (Å²) in [7, 11) is 0. The number of thiophene rings is 1. The molecule has 1 nitrogen and oxygen atoms in total. The van der Waals surface area contributed by atoms with Crippen molar-refractivity contribution >= 4 is 17.0 Å². The number of nitrogen functional groups attached to an aromatic ring is 1. The van der Waals surface area contributed by atoms with Gasteiger partial charge in [-0.25, -0.2) is 4.39 Å². The molecule has 2 N–H and O–H groups in total. The van der Waals surface area contributed by atoms with E-state index >= 15 is 0 Å². The van der Waals surface area contributed by atoms with Crippen molar-refractivity contribution < 1.29 is 4.39 Å². The van der Waals surface area contributed by atoms with Crippen LogP contribution in [0.25, 0.3) is 0 Å². The molecule has 3 rings (SSSR count). The lowest BCUT2D eigenvalue weighted by Crippen LogP contribution is -2.05. The molecule has 1 heterocycles. The Kier molecular flexibility index (Phi) is 3.76. The summed E-state index contributed by atoms with van der Waals surface area (Å²) in [6.07, 6.45) is 0. The van der Waals surface area contributed by atoms with Crippen LogP contribution in [0, 0.1) is 12.7 Å². The number of nitrogens with two attached hydrogens (primary N) is 1. The second kappa shape index (κ2) is 5.70. The van der Waals surface area contributed by atoms with Crippen LogP contribution in [0.3, 0.4) is 0 Å². The Bertz CT molecular complexity index is 750. The lowest BCUT2D eigenvalue weighted by molar-refractivity contribution is 0.625. The molecule has 2 aromatic carbocycles. The van der Waals surface area contributed by atoms with Crippen molar-refractivity contribution in [1.82, 2.24) is 0 Å². The normalized spacial score (nSPS) is 12.3. The van der Waals surface area contributed by atoms with E-state index in [9.17, 15) is 4.39 Å². The quantitative estimate of drug-likeness (QED) is 0.679. The van der Waals surface area contributed by atoms with E-state index in [0.29, 0.717) is 0 Å². The van der Waals surface area contributed by atoms with Crippen molar-refractivity contribution in [2.24, 2.45) is 0 Å². The summed E-state index contributed by atoms with van der Waals surface area (Å²) < 4.78 is 13.6. The Hall–Kier alpha value is -2.13. The first-order chi connectivity index (χ1) is 10.1. The Balaban J connectivity index is 2.20. The van der Waals surface area contributed by atoms with Crippen LogP contribution in [0.4, 0.5) is 10.1 Å². The summed E-state index contributed by atoms with van der Waals surface area (Å²) in [6.45, 7) is 2.06. The fourth-order valence-corrected chi connectivity index (χ4v) is 3.48. The molecule has 0 fully saturated rings. The van der Waals surface area contributed by atoms with Crippen LogP contribution < -0.4 is 5.73 Å². The van der Waals surface area contributed by atoms with E-state index in [-0.39, 0.29) is 11.7 Å². The number of halogens is 1. The molecule has 0 aliphatic carbocycles. The van der Waals surface area contributed by atoms with E-state index in [0.717, 1.165) is 22.4 Å². The van der Waals surface area contributed by atoms with Crippen LogP contribution in [0.2, 0.25) is 0 Å². The summed E-state index contributed by atoms with van der Waals surface area (Å²) in [4.78, 5) is 1.19. The number of aryl methyl sites for hydroxylation is 1. The summed E-state index contributed by atoms with van der Waals surface area (Å²) in [5.41, 5.74) is 9.92. The molecule has 0 aliphatic heterocycles. The van der Waals surface area contributed by atoms with Gasteiger partial charge in [-0.2, -0.15) is 0 Å². The molecule has 1 atom stereocenters. The molecule has 3 heteroatoms. The van der Waals surface area contributed by atoms with Gasteiger partial charge in [-0.3, -0.25) is 0 Å². The summed E-state index contributed by atoms with van der Waals surface area (Å²) in [6, 6.07) is 16.8. The maximum atomic E-state index is 13.6. The fraction of sp³-hybridized carbons (Fsp3) is 0.111. The maximum absolute atomic E-state index is 13.6. The number of rotatable bonds is 3. The van der Waals surface area contributed by atoms with E-state index < -0.39 is 0 Å². The second-order valence-electron chi connectivity index (χ2n) is 5.12. The minimum absolute atomic E-state index is 0.0178. The molecule has 3 aromatic rings. The van der Waals surface area contributed by atoms with Gasteiger partial charge in [0.15, 0.2) is 0 Å². The first-order valence-electron chi connectivity index (χ1n) is 6.80. The monoisotopic (exact) mass is 297 g/mol. The summed E-state index contributed by atoms with van der Waals surface area (Å²) >= 11 is 1.68. The van der Waals surface area contributed by atoms with Crippen molar-refractivity contribution in [3.05, 3.63) is 87.4 Å². The Labute approximate surface area is 127 Å². The molecule has 0 spiro atoms. The fourth-order valence-electron chi connectivity index (χ4n) is 2.61. The topological polar surface area (TPSA) is 26.0 Å². The predicted octanol–water partition coefficient (Wildman–Crippen LogP) is 4.96. The van der Waals surface area contributed by atoms with Crippen molar-refractivity contribution in [1.29, 1.82) is 0 Å². The minimum Gasteiger partial charge on any atom is -0.399 e. The third-order valence-electron chi connectivity index (χ3n) is 3.62. The van der Waals surface area contributed by atoms with E-state index in [4.69, 9.17) is 5.73 Å². The van der Waals surface area contributed by atoms with Crippen molar-refractivity contribution in [3.8, 4) is 0 Å². The molecular formula is C18H16FNS. The maximum Gasteiger partial charge on any atom is 0.123 e. The summed E-state index contributed by atoms with van der Waals surface area (Å²) in [5.74, 6) is -0.195. The predicted molar refractivity (Wildman–Crippen MR) is 87.3 cm³/mol. The van der Waals surface area contributed by atoms with Crippen LogP contribution in [0.1, 0.15) is 27.5 Å². The lowest BCUT2D eigenvalue weighted by Gasteiger charge is -2.19. The van der Waals surface area contributed by atoms with Crippen molar-refractivity contribution in [3.63, 3.8) is 0 Å². The molecule has 0 bridgehead atoms. The lowest BCUT2D eigenvalue weighted by atomic mass is 9.87. The van der Waals surface area contributed by atoms with Crippen molar-refractivity contribution in [2.45, 2.75) is 12.8 Å². The van der Waals surface area contributed by atoms with Gasteiger partial charge in [0, 0.05) is 16.5 Å². The Morgan fingerprint density at radius 3 is 2.62 bits per heavy atom. The first kappa shape index (κ1) is 13.8. The molecule has 0 aliphatic rings. The number of benzene rings is 2. The molecular weight excluding hydrogens is 281 g/mol. The average molecular weight is 297 g/mol. The zero-order valence-corrected chi connectivity index (χ0v) is 12.5.